The summed E-state index contributed by atoms with van der Waals surface area (Å²) in [5.74, 6) is 0. The summed E-state index contributed by atoms with van der Waals surface area (Å²) in [6, 6.07) is 76.1. The van der Waals surface area contributed by atoms with E-state index < -0.39 is 5.41 Å². The van der Waals surface area contributed by atoms with Gasteiger partial charge in [0.05, 0.1) is 16.8 Å². The van der Waals surface area contributed by atoms with Gasteiger partial charge in [-0.3, -0.25) is 0 Å². The third-order valence-corrected chi connectivity index (χ3v) is 13.8. The summed E-state index contributed by atoms with van der Waals surface area (Å²) in [4.78, 5) is 4.90. The van der Waals surface area contributed by atoms with Crippen molar-refractivity contribution in [2.24, 2.45) is 0 Å². The van der Waals surface area contributed by atoms with E-state index in [2.05, 4.69) is 224 Å². The smallest absolute Gasteiger partial charge is 0.137 e. The number of hydrogen-bond donors (Lipinski definition) is 0. The number of furan rings is 1. The average molecular weight is 781 g/mol. The van der Waals surface area contributed by atoms with E-state index in [-0.39, 0.29) is 5.41 Å². The highest BCUT2D eigenvalue weighted by Gasteiger charge is 2.52. The number of rotatable bonds is 5. The van der Waals surface area contributed by atoms with E-state index in [0.717, 1.165) is 44.7 Å². The highest BCUT2D eigenvalue weighted by atomic mass is 16.3. The summed E-state index contributed by atoms with van der Waals surface area (Å²) < 4.78 is 6.56. The molecule has 1 unspecified atom stereocenters. The van der Waals surface area contributed by atoms with Crippen LogP contribution in [-0.2, 0) is 10.8 Å². The third-order valence-electron chi connectivity index (χ3n) is 13.8. The van der Waals surface area contributed by atoms with Gasteiger partial charge in [-0.05, 0) is 117 Å². The molecule has 0 N–H and O–H groups in total. The second-order valence-electron chi connectivity index (χ2n) is 17.2. The normalized spacial score (nSPS) is 16.2. The van der Waals surface area contributed by atoms with Gasteiger partial charge in [0.1, 0.15) is 11.2 Å². The standard InChI is InChI=1S/C58H40N2O/c1-57(2)48-23-11-9-20-42(48)43-31-28-39(34-50(43)57)59(41-30-33-46-45-21-10-14-27-54(45)61-55(46)36-41)40-29-32-44-47-22-15-26-53-56(47)58(51(44)35-40,37-16-5-3-6-17-37)49-24-12-13-25-52(49)60(53)38-18-7-4-8-19-38/h3-36H,1-2H3. The summed E-state index contributed by atoms with van der Waals surface area (Å²) in [6.07, 6.45) is 0. The van der Waals surface area contributed by atoms with Gasteiger partial charge < -0.3 is 14.2 Å². The van der Waals surface area contributed by atoms with Crippen molar-refractivity contribution >= 4 is 56.1 Å². The molecule has 3 aliphatic rings. The molecule has 2 aliphatic carbocycles. The minimum absolute atomic E-state index is 0.153. The Kier molecular flexibility index (Phi) is 6.99. The number of hydrogen-bond acceptors (Lipinski definition) is 3. The Bertz CT molecular complexity index is 3420. The molecular formula is C58H40N2O. The molecule has 3 nitrogen and oxygen atoms in total. The van der Waals surface area contributed by atoms with Gasteiger partial charge >= 0.3 is 0 Å². The van der Waals surface area contributed by atoms with E-state index in [1.165, 1.54) is 67.0 Å². The molecule has 2 heterocycles. The molecule has 61 heavy (non-hydrogen) atoms. The molecule has 0 saturated heterocycles. The summed E-state index contributed by atoms with van der Waals surface area (Å²) in [5.41, 5.74) is 20.8. The van der Waals surface area contributed by atoms with Crippen molar-refractivity contribution in [3.8, 4) is 22.3 Å². The predicted molar refractivity (Wildman–Crippen MR) is 252 cm³/mol. The van der Waals surface area contributed by atoms with Crippen LogP contribution in [0.25, 0.3) is 44.2 Å². The fraction of sp³-hybridized carbons (Fsp3) is 0.0690. The van der Waals surface area contributed by atoms with Crippen molar-refractivity contribution in [3.63, 3.8) is 0 Å². The number of para-hydroxylation sites is 3. The summed E-state index contributed by atoms with van der Waals surface area (Å²) in [7, 11) is 0. The minimum Gasteiger partial charge on any atom is -0.456 e. The van der Waals surface area contributed by atoms with E-state index in [4.69, 9.17) is 4.42 Å². The first-order valence-electron chi connectivity index (χ1n) is 21.3. The van der Waals surface area contributed by atoms with E-state index in [1.807, 2.05) is 6.07 Å². The van der Waals surface area contributed by atoms with Crippen molar-refractivity contribution < 1.29 is 4.42 Å². The molecule has 1 aliphatic heterocycles. The second-order valence-corrected chi connectivity index (χ2v) is 17.2. The lowest BCUT2D eigenvalue weighted by molar-refractivity contribution is 0.660. The first kappa shape index (κ1) is 34.3. The number of benzene rings is 9. The molecule has 10 aromatic rings. The van der Waals surface area contributed by atoms with Crippen molar-refractivity contribution in [3.05, 3.63) is 240 Å². The quantitative estimate of drug-likeness (QED) is 0.173. The van der Waals surface area contributed by atoms with E-state index in [9.17, 15) is 0 Å². The van der Waals surface area contributed by atoms with Crippen LogP contribution < -0.4 is 9.80 Å². The van der Waals surface area contributed by atoms with E-state index in [0.29, 0.717) is 0 Å². The molecule has 1 atom stereocenters. The van der Waals surface area contributed by atoms with Crippen LogP contribution in [0.4, 0.5) is 34.1 Å². The van der Waals surface area contributed by atoms with Crippen molar-refractivity contribution in [2.75, 3.05) is 9.80 Å². The lowest BCUT2D eigenvalue weighted by Crippen LogP contribution is -2.36. The number of anilines is 6. The Balaban J connectivity index is 1.09. The van der Waals surface area contributed by atoms with Crippen LogP contribution in [0.2, 0.25) is 0 Å². The van der Waals surface area contributed by atoms with Crippen LogP contribution >= 0.6 is 0 Å². The SMILES string of the molecule is CC1(C)c2ccccc2-c2ccc(N(c3ccc4c(c3)C3(c5ccccc5)c5ccccc5N(c5ccccc5)c5cccc-4c53)c3ccc4c(c3)oc3ccccc34)cc21. The van der Waals surface area contributed by atoms with Crippen LogP contribution in [0.1, 0.15) is 47.2 Å². The molecule has 3 heteroatoms. The summed E-state index contributed by atoms with van der Waals surface area (Å²) >= 11 is 0. The third kappa shape index (κ3) is 4.58. The van der Waals surface area contributed by atoms with Gasteiger partial charge in [0.2, 0.25) is 0 Å². The molecule has 288 valence electrons. The van der Waals surface area contributed by atoms with Gasteiger partial charge in [0.25, 0.3) is 0 Å². The fourth-order valence-corrected chi connectivity index (χ4v) is 11.2. The maximum absolute atomic E-state index is 6.56. The van der Waals surface area contributed by atoms with E-state index in [1.54, 1.807) is 0 Å². The molecule has 9 aromatic carbocycles. The second kappa shape index (κ2) is 12.5. The van der Waals surface area contributed by atoms with Crippen LogP contribution in [0, 0.1) is 0 Å². The molecule has 0 fully saturated rings. The first-order chi connectivity index (χ1) is 30.0. The maximum atomic E-state index is 6.56. The molecule has 0 saturated carbocycles. The Labute approximate surface area is 355 Å². The lowest BCUT2D eigenvalue weighted by atomic mass is 9.65. The number of nitrogens with zero attached hydrogens (tertiary/aromatic N) is 2. The monoisotopic (exact) mass is 780 g/mol. The first-order valence-corrected chi connectivity index (χ1v) is 21.3. The molecule has 0 bridgehead atoms. The summed E-state index contributed by atoms with van der Waals surface area (Å²) in [5, 5.41) is 2.25. The Morgan fingerprint density at radius 2 is 0.984 bits per heavy atom. The largest absolute Gasteiger partial charge is 0.456 e. The van der Waals surface area contributed by atoms with Crippen molar-refractivity contribution in [1.29, 1.82) is 0 Å². The zero-order valence-electron chi connectivity index (χ0n) is 33.9. The van der Waals surface area contributed by atoms with Gasteiger partial charge in [-0.2, -0.15) is 0 Å². The minimum atomic E-state index is -0.573. The molecule has 1 aromatic heterocycles. The maximum Gasteiger partial charge on any atom is 0.137 e. The van der Waals surface area contributed by atoms with Crippen LogP contribution in [0.5, 0.6) is 0 Å². The number of fused-ring (bicyclic) bond motifs is 11. The van der Waals surface area contributed by atoms with Gasteiger partial charge in [0, 0.05) is 50.6 Å². The molecular weight excluding hydrogens is 741 g/mol. The topological polar surface area (TPSA) is 19.6 Å². The van der Waals surface area contributed by atoms with Crippen molar-refractivity contribution in [1.82, 2.24) is 0 Å². The average Bonchev–Trinajstić information content (AvgIpc) is 3.91. The van der Waals surface area contributed by atoms with Crippen LogP contribution in [0.3, 0.4) is 0 Å². The fourth-order valence-electron chi connectivity index (χ4n) is 11.2. The van der Waals surface area contributed by atoms with Crippen molar-refractivity contribution in [2.45, 2.75) is 24.7 Å². The Hall–Kier alpha value is -7.62. The van der Waals surface area contributed by atoms with Crippen LogP contribution in [0.15, 0.2) is 211 Å². The zero-order valence-corrected chi connectivity index (χ0v) is 33.9. The lowest BCUT2D eigenvalue weighted by Gasteiger charge is -2.44. The molecule has 0 spiro atoms. The Morgan fingerprint density at radius 1 is 0.410 bits per heavy atom. The predicted octanol–water partition coefficient (Wildman–Crippen LogP) is 15.5. The highest BCUT2D eigenvalue weighted by Crippen LogP contribution is 2.65. The van der Waals surface area contributed by atoms with E-state index >= 15 is 0 Å². The molecule has 0 radical (unpaired) electrons. The molecule has 0 amide bonds. The Morgan fingerprint density at radius 3 is 1.80 bits per heavy atom. The van der Waals surface area contributed by atoms with Crippen LogP contribution in [-0.4, -0.2) is 0 Å². The van der Waals surface area contributed by atoms with Gasteiger partial charge in [-0.25, -0.2) is 0 Å². The van der Waals surface area contributed by atoms with Gasteiger partial charge in [0.15, 0.2) is 0 Å². The zero-order chi connectivity index (χ0) is 40.5. The van der Waals surface area contributed by atoms with Gasteiger partial charge in [-0.1, -0.05) is 147 Å². The molecule has 13 rings (SSSR count). The highest BCUT2D eigenvalue weighted by molar-refractivity contribution is 6.06. The van der Waals surface area contributed by atoms with Gasteiger partial charge in [-0.15, -0.1) is 0 Å². The summed E-state index contributed by atoms with van der Waals surface area (Å²) in [6.45, 7) is 4.72.